The molecule has 1 aromatic carbocycles. The molecule has 0 bridgehead atoms. The van der Waals surface area contributed by atoms with Crippen LogP contribution < -0.4 is 5.73 Å². The van der Waals surface area contributed by atoms with E-state index >= 15 is 0 Å². The molecule has 3 aromatic rings. The molecule has 3 rings (SSSR count). The molecule has 2 heterocycles. The first-order chi connectivity index (χ1) is 10.3. The Labute approximate surface area is 123 Å². The van der Waals surface area contributed by atoms with Crippen molar-refractivity contribution in [2.45, 2.75) is 26.4 Å². The van der Waals surface area contributed by atoms with Crippen molar-refractivity contribution in [3.8, 4) is 11.4 Å². The quantitative estimate of drug-likeness (QED) is 0.728. The Bertz CT molecular complexity index is 727. The molecular weight excluding hydrogens is 264 g/mol. The van der Waals surface area contributed by atoms with Crippen molar-refractivity contribution in [3.05, 3.63) is 48.8 Å². The number of aryl methyl sites for hydroxylation is 1. The van der Waals surface area contributed by atoms with Gasteiger partial charge in [0.05, 0.1) is 6.54 Å². The molecule has 6 nitrogen and oxygen atoms in total. The predicted molar refractivity (Wildman–Crippen MR) is 81.5 cm³/mol. The minimum absolute atomic E-state index is 0.643. The van der Waals surface area contributed by atoms with Crippen LogP contribution in [0.1, 0.15) is 19.2 Å². The molecule has 0 aliphatic heterocycles. The Morgan fingerprint density at radius 3 is 2.95 bits per heavy atom. The average Bonchev–Trinajstić information content (AvgIpc) is 3.10. The highest BCUT2D eigenvalue weighted by Crippen LogP contribution is 2.20. The summed E-state index contributed by atoms with van der Waals surface area (Å²) < 4.78 is 3.99. The SMILES string of the molecule is CCCn1ncnc1Cn1ccnc1-c1cccc(N)c1. The number of benzene rings is 1. The molecule has 0 atom stereocenters. The van der Waals surface area contributed by atoms with Gasteiger partial charge >= 0.3 is 0 Å². The van der Waals surface area contributed by atoms with Gasteiger partial charge in [-0.2, -0.15) is 5.10 Å². The summed E-state index contributed by atoms with van der Waals surface area (Å²) in [5, 5.41) is 4.25. The molecule has 0 spiro atoms. The van der Waals surface area contributed by atoms with Crippen LogP contribution in [0.4, 0.5) is 5.69 Å². The van der Waals surface area contributed by atoms with Gasteiger partial charge in [-0.05, 0) is 18.6 Å². The zero-order chi connectivity index (χ0) is 14.7. The average molecular weight is 282 g/mol. The molecule has 2 N–H and O–H groups in total. The Kier molecular flexibility index (Phi) is 3.68. The Balaban J connectivity index is 1.91. The number of rotatable bonds is 5. The van der Waals surface area contributed by atoms with E-state index in [4.69, 9.17) is 5.73 Å². The standard InChI is InChI=1S/C15H18N6/c1-2-7-21-14(18-11-19-21)10-20-8-6-17-15(20)12-4-3-5-13(16)9-12/h3-6,8-9,11H,2,7,10,16H2,1H3. The molecule has 0 aliphatic rings. The van der Waals surface area contributed by atoms with Gasteiger partial charge in [0.15, 0.2) is 0 Å². The van der Waals surface area contributed by atoms with E-state index in [0.717, 1.165) is 35.9 Å². The molecule has 0 unspecified atom stereocenters. The number of hydrogen-bond donors (Lipinski definition) is 1. The van der Waals surface area contributed by atoms with Crippen LogP contribution >= 0.6 is 0 Å². The highest BCUT2D eigenvalue weighted by molar-refractivity contribution is 5.61. The van der Waals surface area contributed by atoms with E-state index in [2.05, 4.69) is 26.6 Å². The first-order valence-electron chi connectivity index (χ1n) is 7.01. The summed E-state index contributed by atoms with van der Waals surface area (Å²) in [4.78, 5) is 8.77. The fourth-order valence-electron chi connectivity index (χ4n) is 2.34. The summed E-state index contributed by atoms with van der Waals surface area (Å²) in [5.41, 5.74) is 7.59. The topological polar surface area (TPSA) is 74.5 Å². The van der Waals surface area contributed by atoms with Crippen molar-refractivity contribution < 1.29 is 0 Å². The van der Waals surface area contributed by atoms with Gasteiger partial charge in [0.1, 0.15) is 18.0 Å². The first kappa shape index (κ1) is 13.4. The third-order valence-electron chi connectivity index (χ3n) is 3.30. The van der Waals surface area contributed by atoms with Crippen LogP contribution in [0.25, 0.3) is 11.4 Å². The van der Waals surface area contributed by atoms with Crippen molar-refractivity contribution in [2.24, 2.45) is 0 Å². The second kappa shape index (κ2) is 5.78. The molecule has 2 aromatic heterocycles. The molecule has 0 saturated carbocycles. The van der Waals surface area contributed by atoms with Crippen LogP contribution in [0, 0.1) is 0 Å². The number of imidazole rings is 1. The third kappa shape index (κ3) is 2.79. The fourth-order valence-corrected chi connectivity index (χ4v) is 2.34. The third-order valence-corrected chi connectivity index (χ3v) is 3.30. The molecule has 0 radical (unpaired) electrons. The zero-order valence-electron chi connectivity index (χ0n) is 12.0. The molecule has 0 saturated heterocycles. The van der Waals surface area contributed by atoms with E-state index in [1.807, 2.05) is 35.1 Å². The Hall–Kier alpha value is -2.63. The summed E-state index contributed by atoms with van der Waals surface area (Å²) >= 11 is 0. The van der Waals surface area contributed by atoms with Crippen molar-refractivity contribution in [1.82, 2.24) is 24.3 Å². The maximum absolute atomic E-state index is 5.85. The maximum atomic E-state index is 5.85. The van der Waals surface area contributed by atoms with Gasteiger partial charge in [-0.25, -0.2) is 14.6 Å². The van der Waals surface area contributed by atoms with Gasteiger partial charge in [-0.1, -0.05) is 19.1 Å². The lowest BCUT2D eigenvalue weighted by Crippen LogP contribution is -2.10. The fraction of sp³-hybridized carbons (Fsp3) is 0.267. The number of nitrogens with two attached hydrogens (primary N) is 1. The van der Waals surface area contributed by atoms with Gasteiger partial charge in [0.25, 0.3) is 0 Å². The smallest absolute Gasteiger partial charge is 0.146 e. The van der Waals surface area contributed by atoms with Crippen molar-refractivity contribution >= 4 is 5.69 Å². The molecule has 0 amide bonds. The van der Waals surface area contributed by atoms with Crippen LogP contribution in [0.3, 0.4) is 0 Å². The number of nitrogen functional groups attached to an aromatic ring is 1. The predicted octanol–water partition coefficient (Wildman–Crippen LogP) is 2.18. The molecule has 6 heteroatoms. The van der Waals surface area contributed by atoms with Crippen LogP contribution in [0.2, 0.25) is 0 Å². The van der Waals surface area contributed by atoms with Crippen molar-refractivity contribution in [3.63, 3.8) is 0 Å². The van der Waals surface area contributed by atoms with Crippen LogP contribution in [-0.2, 0) is 13.1 Å². The van der Waals surface area contributed by atoms with Gasteiger partial charge in [-0.15, -0.1) is 0 Å². The minimum Gasteiger partial charge on any atom is -0.399 e. The first-order valence-corrected chi connectivity index (χ1v) is 7.01. The Morgan fingerprint density at radius 1 is 1.24 bits per heavy atom. The lowest BCUT2D eigenvalue weighted by Gasteiger charge is -2.09. The summed E-state index contributed by atoms with van der Waals surface area (Å²) in [7, 11) is 0. The minimum atomic E-state index is 0.643. The number of nitrogens with zero attached hydrogens (tertiary/aromatic N) is 5. The summed E-state index contributed by atoms with van der Waals surface area (Å²) in [6, 6.07) is 7.74. The van der Waals surface area contributed by atoms with Crippen LogP contribution in [0.15, 0.2) is 43.0 Å². The maximum Gasteiger partial charge on any atom is 0.146 e. The van der Waals surface area contributed by atoms with Crippen LogP contribution in [-0.4, -0.2) is 24.3 Å². The van der Waals surface area contributed by atoms with E-state index in [-0.39, 0.29) is 0 Å². The van der Waals surface area contributed by atoms with Crippen LogP contribution in [0.5, 0.6) is 0 Å². The lowest BCUT2D eigenvalue weighted by atomic mass is 10.2. The second-order valence-corrected chi connectivity index (χ2v) is 4.90. The summed E-state index contributed by atoms with van der Waals surface area (Å²) in [5.74, 6) is 1.81. The molecule has 108 valence electrons. The largest absolute Gasteiger partial charge is 0.399 e. The van der Waals surface area contributed by atoms with Crippen molar-refractivity contribution in [1.29, 1.82) is 0 Å². The molecule has 0 fully saturated rings. The molecular formula is C15H18N6. The van der Waals surface area contributed by atoms with E-state index in [1.54, 1.807) is 12.5 Å². The van der Waals surface area contributed by atoms with Gasteiger partial charge in [-0.3, -0.25) is 0 Å². The van der Waals surface area contributed by atoms with E-state index < -0.39 is 0 Å². The zero-order valence-corrected chi connectivity index (χ0v) is 12.0. The molecule has 21 heavy (non-hydrogen) atoms. The second-order valence-electron chi connectivity index (χ2n) is 4.90. The Morgan fingerprint density at radius 2 is 2.14 bits per heavy atom. The van der Waals surface area contributed by atoms with Gasteiger partial charge in [0.2, 0.25) is 0 Å². The highest BCUT2D eigenvalue weighted by Gasteiger charge is 2.10. The number of anilines is 1. The summed E-state index contributed by atoms with van der Waals surface area (Å²) in [6.07, 6.45) is 6.37. The molecule has 0 aliphatic carbocycles. The number of hydrogen-bond acceptors (Lipinski definition) is 4. The summed E-state index contributed by atoms with van der Waals surface area (Å²) in [6.45, 7) is 3.64. The van der Waals surface area contributed by atoms with E-state index in [1.165, 1.54) is 0 Å². The lowest BCUT2D eigenvalue weighted by molar-refractivity contribution is 0.555. The van der Waals surface area contributed by atoms with Gasteiger partial charge < -0.3 is 10.3 Å². The van der Waals surface area contributed by atoms with Crippen molar-refractivity contribution in [2.75, 3.05) is 5.73 Å². The van der Waals surface area contributed by atoms with E-state index in [0.29, 0.717) is 6.54 Å². The number of aromatic nitrogens is 5. The monoisotopic (exact) mass is 282 g/mol. The van der Waals surface area contributed by atoms with E-state index in [9.17, 15) is 0 Å². The normalized spacial score (nSPS) is 10.9. The highest BCUT2D eigenvalue weighted by atomic mass is 15.3. The van der Waals surface area contributed by atoms with Gasteiger partial charge in [0, 0.05) is 30.2 Å².